The summed E-state index contributed by atoms with van der Waals surface area (Å²) in [5.41, 5.74) is -0.199. The van der Waals surface area contributed by atoms with Gasteiger partial charge in [0.25, 0.3) is 0 Å². The Labute approximate surface area is 79.6 Å². The van der Waals surface area contributed by atoms with Gasteiger partial charge in [-0.05, 0) is 12.8 Å². The Bertz CT molecular complexity index is 234. The van der Waals surface area contributed by atoms with Gasteiger partial charge in [-0.15, -0.1) is 0 Å². The number of ether oxygens (including phenoxy) is 1. The highest BCUT2D eigenvalue weighted by Crippen LogP contribution is 2.41. The third kappa shape index (κ3) is 1.42. The molecule has 0 aromatic rings. The monoisotopic (exact) mass is 182 g/mol. The van der Waals surface area contributed by atoms with Gasteiger partial charge in [-0.25, -0.2) is 0 Å². The van der Waals surface area contributed by atoms with Crippen LogP contribution >= 0.6 is 0 Å². The fourth-order valence-corrected chi connectivity index (χ4v) is 2.60. The summed E-state index contributed by atoms with van der Waals surface area (Å²) in [5, 5.41) is 9.97. The summed E-state index contributed by atoms with van der Waals surface area (Å²) < 4.78 is 5.86. The second-order valence-corrected chi connectivity index (χ2v) is 4.85. The van der Waals surface area contributed by atoms with Crippen LogP contribution in [0.5, 0.6) is 0 Å². The summed E-state index contributed by atoms with van der Waals surface area (Å²) in [5.74, 6) is 0.749. The second kappa shape index (κ2) is 2.82. The zero-order valence-corrected chi connectivity index (χ0v) is 8.53. The van der Waals surface area contributed by atoms with Crippen molar-refractivity contribution in [3.05, 3.63) is 12.2 Å². The van der Waals surface area contributed by atoms with Crippen molar-refractivity contribution in [1.29, 1.82) is 0 Å². The van der Waals surface area contributed by atoms with Gasteiger partial charge in [-0.2, -0.15) is 0 Å². The van der Waals surface area contributed by atoms with Crippen LogP contribution in [0.25, 0.3) is 0 Å². The molecule has 1 saturated heterocycles. The maximum Gasteiger partial charge on any atom is 0.0868 e. The standard InChI is InChI=1S/C11H18O2/c1-7(2)10-8(12)6-11(3)5-4-9(10)13-11/h4-5,7-10,12H,6H2,1-3H3/t8-,9-,10-,11+/m1/s1. The molecule has 2 aliphatic heterocycles. The van der Waals surface area contributed by atoms with E-state index in [-0.39, 0.29) is 23.7 Å². The van der Waals surface area contributed by atoms with E-state index in [0.717, 1.165) is 6.42 Å². The maximum absolute atomic E-state index is 9.97. The summed E-state index contributed by atoms with van der Waals surface area (Å²) in [4.78, 5) is 0. The van der Waals surface area contributed by atoms with Gasteiger partial charge in [-0.3, -0.25) is 0 Å². The predicted molar refractivity (Wildman–Crippen MR) is 51.4 cm³/mol. The number of hydrogen-bond acceptors (Lipinski definition) is 2. The van der Waals surface area contributed by atoms with Crippen molar-refractivity contribution in [2.45, 2.75) is 45.0 Å². The summed E-state index contributed by atoms with van der Waals surface area (Å²) in [6.07, 6.45) is 4.88. The van der Waals surface area contributed by atoms with Gasteiger partial charge in [0.2, 0.25) is 0 Å². The third-order valence-electron chi connectivity index (χ3n) is 3.25. The Morgan fingerprint density at radius 3 is 2.85 bits per heavy atom. The van der Waals surface area contributed by atoms with Gasteiger partial charge in [-0.1, -0.05) is 26.0 Å². The third-order valence-corrected chi connectivity index (χ3v) is 3.25. The van der Waals surface area contributed by atoms with Crippen LogP contribution in [-0.2, 0) is 4.74 Å². The maximum atomic E-state index is 9.97. The minimum Gasteiger partial charge on any atom is -0.393 e. The van der Waals surface area contributed by atoms with Crippen molar-refractivity contribution in [3.63, 3.8) is 0 Å². The van der Waals surface area contributed by atoms with E-state index in [1.807, 2.05) is 6.92 Å². The minimum atomic E-state index is -0.209. The van der Waals surface area contributed by atoms with Crippen molar-refractivity contribution >= 4 is 0 Å². The van der Waals surface area contributed by atoms with E-state index in [0.29, 0.717) is 5.92 Å². The lowest BCUT2D eigenvalue weighted by molar-refractivity contribution is -0.142. The number of aliphatic hydroxyl groups is 1. The molecular formula is C11H18O2. The summed E-state index contributed by atoms with van der Waals surface area (Å²) in [7, 11) is 0. The van der Waals surface area contributed by atoms with Crippen LogP contribution in [0.2, 0.25) is 0 Å². The molecule has 0 aliphatic carbocycles. The Morgan fingerprint density at radius 1 is 1.54 bits per heavy atom. The van der Waals surface area contributed by atoms with E-state index in [1.54, 1.807) is 0 Å². The fraction of sp³-hybridized carbons (Fsp3) is 0.818. The number of aliphatic hydroxyl groups excluding tert-OH is 1. The molecule has 2 heterocycles. The highest BCUT2D eigenvalue weighted by atomic mass is 16.5. The van der Waals surface area contributed by atoms with E-state index in [2.05, 4.69) is 26.0 Å². The molecule has 2 rings (SSSR count). The molecule has 0 aromatic heterocycles. The average Bonchev–Trinajstić information content (AvgIpc) is 2.26. The van der Waals surface area contributed by atoms with Crippen LogP contribution in [0.15, 0.2) is 12.2 Å². The van der Waals surface area contributed by atoms with Crippen LogP contribution in [0, 0.1) is 11.8 Å². The molecule has 4 atom stereocenters. The lowest BCUT2D eigenvalue weighted by Gasteiger charge is -2.41. The largest absolute Gasteiger partial charge is 0.393 e. The molecule has 0 saturated carbocycles. The number of fused-ring (bicyclic) bond motifs is 2. The quantitative estimate of drug-likeness (QED) is 0.626. The first-order valence-electron chi connectivity index (χ1n) is 5.07. The number of hydrogen-bond donors (Lipinski definition) is 1. The smallest absolute Gasteiger partial charge is 0.0868 e. The average molecular weight is 182 g/mol. The van der Waals surface area contributed by atoms with E-state index < -0.39 is 0 Å². The van der Waals surface area contributed by atoms with Gasteiger partial charge >= 0.3 is 0 Å². The van der Waals surface area contributed by atoms with E-state index in [4.69, 9.17) is 4.74 Å². The van der Waals surface area contributed by atoms with Crippen molar-refractivity contribution in [1.82, 2.24) is 0 Å². The van der Waals surface area contributed by atoms with Gasteiger partial charge in [0.1, 0.15) is 0 Å². The Hall–Kier alpha value is -0.340. The lowest BCUT2D eigenvalue weighted by atomic mass is 9.81. The first-order valence-corrected chi connectivity index (χ1v) is 5.07. The van der Waals surface area contributed by atoms with Gasteiger partial charge in [0.15, 0.2) is 0 Å². The second-order valence-electron chi connectivity index (χ2n) is 4.85. The fourth-order valence-electron chi connectivity index (χ4n) is 2.60. The predicted octanol–water partition coefficient (Wildman–Crippen LogP) is 1.74. The van der Waals surface area contributed by atoms with Gasteiger partial charge < -0.3 is 9.84 Å². The zero-order valence-electron chi connectivity index (χ0n) is 8.53. The molecule has 0 amide bonds. The van der Waals surface area contributed by atoms with Crippen molar-refractivity contribution in [3.8, 4) is 0 Å². The first-order chi connectivity index (χ1) is 6.02. The van der Waals surface area contributed by atoms with Crippen molar-refractivity contribution < 1.29 is 9.84 Å². The molecule has 2 nitrogen and oxygen atoms in total. The van der Waals surface area contributed by atoms with Crippen LogP contribution in [0.4, 0.5) is 0 Å². The molecule has 13 heavy (non-hydrogen) atoms. The normalized spacial score (nSPS) is 48.8. The van der Waals surface area contributed by atoms with Gasteiger partial charge in [0.05, 0.1) is 17.8 Å². The van der Waals surface area contributed by atoms with E-state index in [9.17, 15) is 5.11 Å². The highest BCUT2D eigenvalue weighted by Gasteiger charge is 2.46. The topological polar surface area (TPSA) is 29.5 Å². The molecule has 2 bridgehead atoms. The molecule has 74 valence electrons. The van der Waals surface area contributed by atoms with Gasteiger partial charge in [0, 0.05) is 12.3 Å². The Balaban J connectivity index is 2.20. The first kappa shape index (κ1) is 9.22. The molecule has 0 unspecified atom stereocenters. The highest BCUT2D eigenvalue weighted by molar-refractivity contribution is 5.16. The van der Waals surface area contributed by atoms with E-state index in [1.165, 1.54) is 0 Å². The zero-order chi connectivity index (χ0) is 9.64. The molecule has 2 heteroatoms. The molecular weight excluding hydrogens is 164 g/mol. The SMILES string of the molecule is CC(C)[C@@H]1[C@H](O)C[C@]2(C)C=C[C@H]1O2. The van der Waals surface area contributed by atoms with E-state index >= 15 is 0 Å². The summed E-state index contributed by atoms with van der Waals surface area (Å²) in [6, 6.07) is 0. The number of rotatable bonds is 1. The Morgan fingerprint density at radius 2 is 2.23 bits per heavy atom. The Kier molecular flexibility index (Phi) is 2.00. The molecule has 0 aromatic carbocycles. The van der Waals surface area contributed by atoms with Crippen LogP contribution in [-0.4, -0.2) is 22.9 Å². The van der Waals surface area contributed by atoms with Crippen LogP contribution in [0.1, 0.15) is 27.2 Å². The summed E-state index contributed by atoms with van der Waals surface area (Å²) >= 11 is 0. The molecule has 0 radical (unpaired) electrons. The van der Waals surface area contributed by atoms with Crippen molar-refractivity contribution in [2.75, 3.05) is 0 Å². The molecule has 1 N–H and O–H groups in total. The summed E-state index contributed by atoms with van der Waals surface area (Å²) in [6.45, 7) is 6.33. The van der Waals surface area contributed by atoms with Crippen molar-refractivity contribution in [2.24, 2.45) is 11.8 Å². The molecule has 0 spiro atoms. The van der Waals surface area contributed by atoms with Crippen LogP contribution < -0.4 is 0 Å². The minimum absolute atomic E-state index is 0.133. The molecule has 1 fully saturated rings. The molecule has 2 aliphatic rings. The lowest BCUT2D eigenvalue weighted by Crippen LogP contribution is -2.46. The van der Waals surface area contributed by atoms with Crippen LogP contribution in [0.3, 0.4) is 0 Å².